The predicted molar refractivity (Wildman–Crippen MR) is 95.1 cm³/mol. The second-order valence-electron chi connectivity index (χ2n) is 6.94. The van der Waals surface area contributed by atoms with Crippen LogP contribution in [-0.2, 0) is 19.5 Å². The van der Waals surface area contributed by atoms with E-state index in [-0.39, 0.29) is 11.9 Å². The van der Waals surface area contributed by atoms with Gasteiger partial charge in [0, 0.05) is 56.7 Å². The number of carbonyl (C=O) groups excluding carboxylic acids is 1. The second-order valence-corrected chi connectivity index (χ2v) is 6.94. The van der Waals surface area contributed by atoms with Gasteiger partial charge in [0.15, 0.2) is 0 Å². The molecule has 1 aliphatic heterocycles. The molecule has 7 heteroatoms. The minimum Gasteiger partial charge on any atom is -0.348 e. The Bertz CT molecular complexity index is 712. The van der Waals surface area contributed by atoms with E-state index >= 15 is 0 Å². The number of hydrogen-bond donors (Lipinski definition) is 1. The molecule has 1 N–H and O–H groups in total. The lowest BCUT2D eigenvalue weighted by Crippen LogP contribution is -2.34. The maximum absolute atomic E-state index is 12.5. The SMILES string of the molecule is CC(Cc1cnccn1)NC(=O)c1cc2n(n1)CCCN(C(C)C)C2. The summed E-state index contributed by atoms with van der Waals surface area (Å²) in [6.07, 6.45) is 6.73. The predicted octanol–water partition coefficient (Wildman–Crippen LogP) is 1.65. The number of nitrogens with zero attached hydrogens (tertiary/aromatic N) is 5. The fourth-order valence-electron chi connectivity index (χ4n) is 3.14. The van der Waals surface area contributed by atoms with Crippen molar-refractivity contribution < 1.29 is 4.79 Å². The van der Waals surface area contributed by atoms with Gasteiger partial charge in [-0.3, -0.25) is 24.3 Å². The number of aryl methyl sites for hydroxylation is 1. The maximum atomic E-state index is 12.5. The lowest BCUT2D eigenvalue weighted by Gasteiger charge is -2.23. The molecule has 2 aromatic rings. The van der Waals surface area contributed by atoms with Crippen LogP contribution in [0.5, 0.6) is 0 Å². The molecule has 0 saturated heterocycles. The molecule has 2 aromatic heterocycles. The zero-order chi connectivity index (χ0) is 17.8. The van der Waals surface area contributed by atoms with Gasteiger partial charge in [0.1, 0.15) is 5.69 Å². The molecule has 7 nitrogen and oxygen atoms in total. The monoisotopic (exact) mass is 342 g/mol. The Hall–Kier alpha value is -2.28. The van der Waals surface area contributed by atoms with Gasteiger partial charge in [0.05, 0.1) is 11.4 Å². The molecule has 0 radical (unpaired) electrons. The average molecular weight is 342 g/mol. The van der Waals surface area contributed by atoms with Gasteiger partial charge in [0.2, 0.25) is 0 Å². The highest BCUT2D eigenvalue weighted by Gasteiger charge is 2.21. The molecule has 3 rings (SSSR count). The van der Waals surface area contributed by atoms with Gasteiger partial charge >= 0.3 is 0 Å². The zero-order valence-corrected chi connectivity index (χ0v) is 15.1. The summed E-state index contributed by atoms with van der Waals surface area (Å²) in [6, 6.07) is 2.38. The Labute approximate surface area is 148 Å². The summed E-state index contributed by atoms with van der Waals surface area (Å²) >= 11 is 0. The number of carbonyl (C=O) groups is 1. The molecule has 1 atom stereocenters. The molecule has 0 saturated carbocycles. The van der Waals surface area contributed by atoms with E-state index in [1.54, 1.807) is 18.6 Å². The van der Waals surface area contributed by atoms with E-state index in [0.29, 0.717) is 18.2 Å². The van der Waals surface area contributed by atoms with Crippen molar-refractivity contribution in [1.29, 1.82) is 0 Å². The molecular weight excluding hydrogens is 316 g/mol. The molecule has 1 aliphatic rings. The number of amides is 1. The number of rotatable bonds is 5. The van der Waals surface area contributed by atoms with Gasteiger partial charge in [-0.05, 0) is 33.3 Å². The van der Waals surface area contributed by atoms with Gasteiger partial charge in [-0.25, -0.2) is 0 Å². The minimum atomic E-state index is -0.131. The van der Waals surface area contributed by atoms with Crippen molar-refractivity contribution in [3.8, 4) is 0 Å². The first-order valence-electron chi connectivity index (χ1n) is 8.89. The van der Waals surface area contributed by atoms with E-state index in [1.165, 1.54) is 0 Å². The van der Waals surface area contributed by atoms with E-state index in [0.717, 1.165) is 37.4 Å². The normalized spacial score (nSPS) is 16.3. The lowest BCUT2D eigenvalue weighted by molar-refractivity contribution is 0.0934. The highest BCUT2D eigenvalue weighted by Crippen LogP contribution is 2.16. The Morgan fingerprint density at radius 2 is 2.12 bits per heavy atom. The summed E-state index contributed by atoms with van der Waals surface area (Å²) in [4.78, 5) is 23.2. The number of aromatic nitrogens is 4. The van der Waals surface area contributed by atoms with Crippen LogP contribution in [0.1, 0.15) is 49.1 Å². The summed E-state index contributed by atoms with van der Waals surface area (Å²) in [5.74, 6) is -0.131. The van der Waals surface area contributed by atoms with E-state index in [9.17, 15) is 4.79 Å². The molecule has 0 aliphatic carbocycles. The van der Waals surface area contributed by atoms with Crippen molar-refractivity contribution in [3.05, 3.63) is 41.7 Å². The smallest absolute Gasteiger partial charge is 0.272 e. The molecule has 0 spiro atoms. The van der Waals surface area contributed by atoms with Crippen molar-refractivity contribution in [2.45, 2.75) is 58.8 Å². The number of hydrogen-bond acceptors (Lipinski definition) is 5. The van der Waals surface area contributed by atoms with Crippen LogP contribution in [0.25, 0.3) is 0 Å². The van der Waals surface area contributed by atoms with E-state index in [1.807, 2.05) is 17.7 Å². The Morgan fingerprint density at radius 3 is 2.84 bits per heavy atom. The summed E-state index contributed by atoms with van der Waals surface area (Å²) in [6.45, 7) is 9.14. The van der Waals surface area contributed by atoms with E-state index in [4.69, 9.17) is 0 Å². The van der Waals surface area contributed by atoms with Gasteiger partial charge in [-0.2, -0.15) is 5.10 Å². The zero-order valence-electron chi connectivity index (χ0n) is 15.1. The van der Waals surface area contributed by atoms with Crippen molar-refractivity contribution in [2.75, 3.05) is 6.54 Å². The molecule has 134 valence electrons. The highest BCUT2D eigenvalue weighted by molar-refractivity contribution is 5.92. The molecule has 0 bridgehead atoms. The van der Waals surface area contributed by atoms with Crippen molar-refractivity contribution in [1.82, 2.24) is 30.0 Å². The first kappa shape index (κ1) is 17.5. The highest BCUT2D eigenvalue weighted by atomic mass is 16.2. The summed E-state index contributed by atoms with van der Waals surface area (Å²) in [5, 5.41) is 7.52. The molecule has 0 fully saturated rings. The van der Waals surface area contributed by atoms with Crippen LogP contribution in [0, 0.1) is 0 Å². The summed E-state index contributed by atoms with van der Waals surface area (Å²) in [5.41, 5.74) is 2.47. The van der Waals surface area contributed by atoms with Gasteiger partial charge in [-0.1, -0.05) is 0 Å². The minimum absolute atomic E-state index is 0.0298. The molecule has 3 heterocycles. The summed E-state index contributed by atoms with van der Waals surface area (Å²) < 4.78 is 1.98. The quantitative estimate of drug-likeness (QED) is 0.894. The van der Waals surface area contributed by atoms with Crippen LogP contribution in [0.3, 0.4) is 0 Å². The van der Waals surface area contributed by atoms with Crippen LogP contribution >= 0.6 is 0 Å². The third kappa shape index (κ3) is 4.42. The van der Waals surface area contributed by atoms with Crippen molar-refractivity contribution in [2.24, 2.45) is 0 Å². The van der Waals surface area contributed by atoms with Gasteiger partial charge < -0.3 is 5.32 Å². The Kier molecular flexibility index (Phi) is 5.43. The Morgan fingerprint density at radius 1 is 1.28 bits per heavy atom. The molecule has 1 amide bonds. The van der Waals surface area contributed by atoms with Crippen LogP contribution in [0.2, 0.25) is 0 Å². The number of nitrogens with one attached hydrogen (secondary N) is 1. The van der Waals surface area contributed by atoms with E-state index < -0.39 is 0 Å². The third-order valence-corrected chi connectivity index (χ3v) is 4.52. The maximum Gasteiger partial charge on any atom is 0.272 e. The van der Waals surface area contributed by atoms with Crippen molar-refractivity contribution in [3.63, 3.8) is 0 Å². The molecular formula is C18H26N6O. The molecule has 25 heavy (non-hydrogen) atoms. The van der Waals surface area contributed by atoms with E-state index in [2.05, 4.69) is 39.1 Å². The number of fused-ring (bicyclic) bond motifs is 1. The van der Waals surface area contributed by atoms with Gasteiger partial charge in [0.25, 0.3) is 5.91 Å². The molecule has 0 aromatic carbocycles. The lowest BCUT2D eigenvalue weighted by atomic mass is 10.2. The van der Waals surface area contributed by atoms with Crippen LogP contribution in [0.4, 0.5) is 0 Å². The Balaban J connectivity index is 1.64. The largest absolute Gasteiger partial charge is 0.348 e. The first-order valence-corrected chi connectivity index (χ1v) is 8.89. The van der Waals surface area contributed by atoms with Crippen LogP contribution in [0.15, 0.2) is 24.7 Å². The first-order chi connectivity index (χ1) is 12.0. The summed E-state index contributed by atoms with van der Waals surface area (Å²) in [7, 11) is 0. The van der Waals surface area contributed by atoms with Crippen molar-refractivity contribution >= 4 is 5.91 Å². The second kappa shape index (κ2) is 7.74. The van der Waals surface area contributed by atoms with Crippen LogP contribution in [-0.4, -0.2) is 49.2 Å². The molecule has 1 unspecified atom stereocenters. The van der Waals surface area contributed by atoms with Gasteiger partial charge in [-0.15, -0.1) is 0 Å². The fourth-order valence-corrected chi connectivity index (χ4v) is 3.14. The average Bonchev–Trinajstić information content (AvgIpc) is 2.87. The third-order valence-electron chi connectivity index (χ3n) is 4.52. The fraction of sp³-hybridized carbons (Fsp3) is 0.556. The topological polar surface area (TPSA) is 75.9 Å². The van der Waals surface area contributed by atoms with Crippen LogP contribution < -0.4 is 5.32 Å². The standard InChI is InChI=1S/C18H26N6O/c1-13(2)23-7-4-8-24-16(12-23)10-17(22-24)18(25)21-14(3)9-15-11-19-5-6-20-15/h5-6,10-11,13-14H,4,7-9,12H2,1-3H3,(H,21,25).